The fraction of sp³-hybridized carbons (Fsp3) is 0.364. The van der Waals surface area contributed by atoms with Crippen LogP contribution in [0, 0.1) is 0 Å². The second kappa shape index (κ2) is 4.74. The van der Waals surface area contributed by atoms with Gasteiger partial charge in [-0.15, -0.1) is 10.2 Å². The molecule has 0 amide bonds. The topological polar surface area (TPSA) is 80.5 Å². The lowest BCUT2D eigenvalue weighted by molar-refractivity contribution is 0.637. The Balaban J connectivity index is 2.13. The average Bonchev–Trinajstić information content (AvgIpc) is 2.80. The maximum absolute atomic E-state index is 5.66. The van der Waals surface area contributed by atoms with Crippen molar-refractivity contribution in [3.8, 4) is 0 Å². The SMILES string of the molecule is CCC(Cc1nn[nH]n1)c1ccc(N)cc1. The third-order valence-electron chi connectivity index (χ3n) is 2.72. The van der Waals surface area contributed by atoms with Crippen LogP contribution < -0.4 is 5.73 Å². The quantitative estimate of drug-likeness (QED) is 0.761. The summed E-state index contributed by atoms with van der Waals surface area (Å²) in [6.45, 7) is 2.15. The molecule has 5 heteroatoms. The van der Waals surface area contributed by atoms with Gasteiger partial charge >= 0.3 is 0 Å². The molecule has 3 N–H and O–H groups in total. The molecule has 0 bridgehead atoms. The molecule has 1 atom stereocenters. The number of tetrazole rings is 1. The van der Waals surface area contributed by atoms with E-state index in [0.29, 0.717) is 5.92 Å². The summed E-state index contributed by atoms with van der Waals surface area (Å²) < 4.78 is 0. The molecule has 2 aromatic rings. The van der Waals surface area contributed by atoms with Gasteiger partial charge < -0.3 is 5.73 Å². The molecule has 0 aliphatic heterocycles. The number of nitrogens with two attached hydrogens (primary N) is 1. The van der Waals surface area contributed by atoms with E-state index in [4.69, 9.17) is 5.73 Å². The number of anilines is 1. The zero-order valence-corrected chi connectivity index (χ0v) is 9.22. The summed E-state index contributed by atoms with van der Waals surface area (Å²) in [6.07, 6.45) is 1.84. The molecule has 0 saturated carbocycles. The molecule has 1 unspecified atom stereocenters. The summed E-state index contributed by atoms with van der Waals surface area (Å²) in [7, 11) is 0. The van der Waals surface area contributed by atoms with Crippen molar-refractivity contribution in [3.05, 3.63) is 35.7 Å². The Hall–Kier alpha value is -1.91. The monoisotopic (exact) mass is 217 g/mol. The molecule has 1 aromatic carbocycles. The van der Waals surface area contributed by atoms with Gasteiger partial charge in [0.05, 0.1) is 0 Å². The minimum absolute atomic E-state index is 0.415. The highest BCUT2D eigenvalue weighted by atomic mass is 15.5. The van der Waals surface area contributed by atoms with Gasteiger partial charge in [-0.3, -0.25) is 0 Å². The van der Waals surface area contributed by atoms with Gasteiger partial charge in [0.1, 0.15) is 0 Å². The predicted octanol–water partition coefficient (Wildman–Crippen LogP) is 1.52. The normalized spacial score (nSPS) is 12.6. The molecule has 0 aliphatic carbocycles. The number of aromatic amines is 1. The number of nitrogen functional groups attached to an aromatic ring is 1. The van der Waals surface area contributed by atoms with E-state index in [1.165, 1.54) is 5.56 Å². The molecule has 0 saturated heterocycles. The number of rotatable bonds is 4. The van der Waals surface area contributed by atoms with E-state index in [9.17, 15) is 0 Å². The zero-order chi connectivity index (χ0) is 11.4. The number of hydrogen-bond acceptors (Lipinski definition) is 4. The molecular weight excluding hydrogens is 202 g/mol. The molecular formula is C11H15N5. The number of benzene rings is 1. The van der Waals surface area contributed by atoms with E-state index >= 15 is 0 Å². The fourth-order valence-electron chi connectivity index (χ4n) is 1.76. The van der Waals surface area contributed by atoms with E-state index in [1.807, 2.05) is 12.1 Å². The summed E-state index contributed by atoms with van der Waals surface area (Å²) in [5.41, 5.74) is 7.72. The molecule has 16 heavy (non-hydrogen) atoms. The first-order chi connectivity index (χ1) is 7.79. The minimum Gasteiger partial charge on any atom is -0.399 e. The fourth-order valence-corrected chi connectivity index (χ4v) is 1.76. The first kappa shape index (κ1) is 10.6. The zero-order valence-electron chi connectivity index (χ0n) is 9.22. The molecule has 5 nitrogen and oxygen atoms in total. The van der Waals surface area contributed by atoms with Gasteiger partial charge in [-0.05, 0) is 30.0 Å². The van der Waals surface area contributed by atoms with Crippen molar-refractivity contribution < 1.29 is 0 Å². The Morgan fingerprint density at radius 1 is 1.31 bits per heavy atom. The summed E-state index contributed by atoms with van der Waals surface area (Å²) in [6, 6.07) is 7.97. The van der Waals surface area contributed by atoms with Crippen LogP contribution in [-0.4, -0.2) is 20.6 Å². The third kappa shape index (κ3) is 2.36. The second-order valence-corrected chi connectivity index (χ2v) is 3.80. The van der Waals surface area contributed by atoms with E-state index in [-0.39, 0.29) is 0 Å². The average molecular weight is 217 g/mol. The smallest absolute Gasteiger partial charge is 0.175 e. The van der Waals surface area contributed by atoms with E-state index in [0.717, 1.165) is 24.4 Å². The number of nitrogens with zero attached hydrogens (tertiary/aromatic N) is 3. The third-order valence-corrected chi connectivity index (χ3v) is 2.72. The largest absolute Gasteiger partial charge is 0.399 e. The Labute approximate surface area is 94.1 Å². The second-order valence-electron chi connectivity index (χ2n) is 3.80. The van der Waals surface area contributed by atoms with Crippen molar-refractivity contribution >= 4 is 5.69 Å². The lowest BCUT2D eigenvalue weighted by Crippen LogP contribution is -2.03. The lowest BCUT2D eigenvalue weighted by Gasteiger charge is -2.13. The highest BCUT2D eigenvalue weighted by Gasteiger charge is 2.12. The van der Waals surface area contributed by atoms with Crippen LogP contribution in [0.3, 0.4) is 0 Å². The molecule has 0 fully saturated rings. The molecule has 84 valence electrons. The number of aromatic nitrogens is 4. The van der Waals surface area contributed by atoms with Crippen LogP contribution in [0.15, 0.2) is 24.3 Å². The van der Waals surface area contributed by atoms with Crippen LogP contribution in [0.2, 0.25) is 0 Å². The van der Waals surface area contributed by atoms with Crippen molar-refractivity contribution in [2.45, 2.75) is 25.7 Å². The number of H-pyrrole nitrogens is 1. The summed E-state index contributed by atoms with van der Waals surface area (Å²) in [4.78, 5) is 0. The van der Waals surface area contributed by atoms with Gasteiger partial charge in [0.25, 0.3) is 0 Å². The van der Waals surface area contributed by atoms with Crippen molar-refractivity contribution in [3.63, 3.8) is 0 Å². The first-order valence-corrected chi connectivity index (χ1v) is 5.37. The van der Waals surface area contributed by atoms with Gasteiger partial charge in [-0.1, -0.05) is 24.3 Å². The van der Waals surface area contributed by atoms with Crippen LogP contribution in [0.25, 0.3) is 0 Å². The van der Waals surface area contributed by atoms with E-state index < -0.39 is 0 Å². The summed E-state index contributed by atoms with van der Waals surface area (Å²) in [5.74, 6) is 1.17. The van der Waals surface area contributed by atoms with Crippen LogP contribution in [0.1, 0.15) is 30.7 Å². The summed E-state index contributed by atoms with van der Waals surface area (Å²) >= 11 is 0. The Bertz CT molecular complexity index is 420. The van der Waals surface area contributed by atoms with Crippen LogP contribution in [-0.2, 0) is 6.42 Å². The summed E-state index contributed by atoms with van der Waals surface area (Å²) in [5, 5.41) is 14.0. The van der Waals surface area contributed by atoms with Crippen LogP contribution in [0.4, 0.5) is 5.69 Å². The van der Waals surface area contributed by atoms with E-state index in [1.54, 1.807) is 0 Å². The highest BCUT2D eigenvalue weighted by Crippen LogP contribution is 2.23. The van der Waals surface area contributed by atoms with Crippen molar-refractivity contribution in [1.29, 1.82) is 0 Å². The van der Waals surface area contributed by atoms with Gasteiger partial charge in [0.2, 0.25) is 0 Å². The Morgan fingerprint density at radius 2 is 2.06 bits per heavy atom. The lowest BCUT2D eigenvalue weighted by atomic mass is 9.93. The van der Waals surface area contributed by atoms with Crippen LogP contribution in [0.5, 0.6) is 0 Å². The van der Waals surface area contributed by atoms with E-state index in [2.05, 4.69) is 39.7 Å². The minimum atomic E-state index is 0.415. The standard InChI is InChI=1S/C11H15N5/c1-2-8(7-11-13-15-16-14-11)9-3-5-10(12)6-4-9/h3-6,8H,2,7,12H2,1H3,(H,13,14,15,16). The molecule has 2 rings (SSSR count). The highest BCUT2D eigenvalue weighted by molar-refractivity contribution is 5.40. The van der Waals surface area contributed by atoms with Crippen molar-refractivity contribution in [2.24, 2.45) is 0 Å². The Morgan fingerprint density at radius 3 is 2.62 bits per heavy atom. The molecule has 1 aromatic heterocycles. The maximum Gasteiger partial charge on any atom is 0.175 e. The molecule has 0 spiro atoms. The molecule has 0 radical (unpaired) electrons. The van der Waals surface area contributed by atoms with Gasteiger partial charge in [-0.2, -0.15) is 5.21 Å². The van der Waals surface area contributed by atoms with Crippen molar-refractivity contribution in [2.75, 3.05) is 5.73 Å². The number of hydrogen-bond donors (Lipinski definition) is 2. The maximum atomic E-state index is 5.66. The van der Waals surface area contributed by atoms with Gasteiger partial charge in [0.15, 0.2) is 5.82 Å². The molecule has 0 aliphatic rings. The molecule has 1 heterocycles. The van der Waals surface area contributed by atoms with Gasteiger partial charge in [0, 0.05) is 12.1 Å². The Kier molecular flexibility index (Phi) is 3.14. The van der Waals surface area contributed by atoms with Crippen molar-refractivity contribution in [1.82, 2.24) is 20.6 Å². The predicted molar refractivity (Wildman–Crippen MR) is 61.8 cm³/mol. The first-order valence-electron chi connectivity index (χ1n) is 5.37. The van der Waals surface area contributed by atoms with Gasteiger partial charge in [-0.25, -0.2) is 0 Å². The van der Waals surface area contributed by atoms with Crippen LogP contribution >= 0.6 is 0 Å². The number of nitrogens with one attached hydrogen (secondary N) is 1.